The zero-order valence-electron chi connectivity index (χ0n) is 15.0. The van der Waals surface area contributed by atoms with Crippen LogP contribution in [0.2, 0.25) is 0 Å². The van der Waals surface area contributed by atoms with Crippen molar-refractivity contribution in [3.8, 4) is 0 Å². The van der Waals surface area contributed by atoms with E-state index in [-0.39, 0.29) is 18.1 Å². The highest BCUT2D eigenvalue weighted by Gasteiger charge is 2.05. The fourth-order valence-electron chi connectivity index (χ4n) is 2.76. The minimum Gasteiger partial charge on any atom is -0.370 e. The highest BCUT2D eigenvalue weighted by atomic mass is 19.1. The van der Waals surface area contributed by atoms with Crippen molar-refractivity contribution in [1.29, 1.82) is 0 Å². The number of benzene rings is 2. The van der Waals surface area contributed by atoms with Gasteiger partial charge in [0.2, 0.25) is 5.91 Å². The Kier molecular flexibility index (Phi) is 6.52. The van der Waals surface area contributed by atoms with E-state index in [1.807, 2.05) is 24.3 Å². The van der Waals surface area contributed by atoms with Crippen molar-refractivity contribution in [2.45, 2.75) is 19.3 Å². The molecular formula is C22H22FN3O. The van der Waals surface area contributed by atoms with Crippen molar-refractivity contribution in [2.24, 2.45) is 0 Å². The Bertz CT molecular complexity index is 866. The van der Waals surface area contributed by atoms with Gasteiger partial charge in [-0.25, -0.2) is 9.37 Å². The Labute approximate surface area is 158 Å². The summed E-state index contributed by atoms with van der Waals surface area (Å²) in [4.78, 5) is 16.4. The molecule has 3 rings (SSSR count). The molecule has 5 heteroatoms. The Balaban J connectivity index is 1.42. The molecule has 3 aromatic rings. The third-order valence-electron chi connectivity index (χ3n) is 4.09. The van der Waals surface area contributed by atoms with E-state index in [1.165, 1.54) is 17.7 Å². The summed E-state index contributed by atoms with van der Waals surface area (Å²) in [5.41, 5.74) is 2.58. The van der Waals surface area contributed by atoms with Crippen LogP contribution in [0.5, 0.6) is 0 Å². The van der Waals surface area contributed by atoms with E-state index in [0.29, 0.717) is 11.3 Å². The van der Waals surface area contributed by atoms with Gasteiger partial charge in [0.15, 0.2) is 0 Å². The van der Waals surface area contributed by atoms with E-state index in [1.54, 1.807) is 24.4 Å². The standard InChI is InChI=1S/C22H22FN3O/c23-19-10-4-8-18(14-19)15-22(27)26-20-11-12-21(25-16-20)24-13-5-9-17-6-2-1-3-7-17/h1-4,6-8,10-12,14,16H,5,9,13,15H2,(H,24,25)(H,26,27). The van der Waals surface area contributed by atoms with Crippen LogP contribution in [0.4, 0.5) is 15.9 Å². The van der Waals surface area contributed by atoms with Crippen LogP contribution < -0.4 is 10.6 Å². The highest BCUT2D eigenvalue weighted by molar-refractivity contribution is 5.92. The fourth-order valence-corrected chi connectivity index (χ4v) is 2.76. The molecule has 0 aliphatic heterocycles. The average Bonchev–Trinajstić information content (AvgIpc) is 2.67. The summed E-state index contributed by atoms with van der Waals surface area (Å²) in [6, 6.07) is 20.0. The van der Waals surface area contributed by atoms with Gasteiger partial charge in [-0.1, -0.05) is 42.5 Å². The van der Waals surface area contributed by atoms with Gasteiger partial charge < -0.3 is 10.6 Å². The number of carbonyl (C=O) groups excluding carboxylic acids is 1. The molecule has 1 heterocycles. The number of hydrogen-bond acceptors (Lipinski definition) is 3. The van der Waals surface area contributed by atoms with Gasteiger partial charge in [0, 0.05) is 6.54 Å². The van der Waals surface area contributed by atoms with Crippen molar-refractivity contribution >= 4 is 17.4 Å². The predicted octanol–water partition coefficient (Wildman–Crippen LogP) is 4.45. The molecule has 0 radical (unpaired) electrons. The molecule has 138 valence electrons. The molecule has 0 unspecified atom stereocenters. The Morgan fingerprint density at radius 3 is 2.52 bits per heavy atom. The first-order valence-electron chi connectivity index (χ1n) is 8.97. The van der Waals surface area contributed by atoms with Crippen LogP contribution in [-0.2, 0) is 17.6 Å². The Morgan fingerprint density at radius 2 is 1.78 bits per heavy atom. The minimum atomic E-state index is -0.343. The lowest BCUT2D eigenvalue weighted by atomic mass is 10.1. The van der Waals surface area contributed by atoms with Crippen LogP contribution in [-0.4, -0.2) is 17.4 Å². The number of amides is 1. The fraction of sp³-hybridized carbons (Fsp3) is 0.182. The molecule has 0 aliphatic carbocycles. The Hall–Kier alpha value is -3.21. The van der Waals surface area contributed by atoms with Crippen molar-refractivity contribution in [2.75, 3.05) is 17.2 Å². The smallest absolute Gasteiger partial charge is 0.228 e. The molecule has 0 saturated carbocycles. The lowest BCUT2D eigenvalue weighted by molar-refractivity contribution is -0.115. The van der Waals surface area contributed by atoms with Crippen molar-refractivity contribution in [3.05, 3.63) is 89.9 Å². The van der Waals surface area contributed by atoms with Gasteiger partial charge in [0.25, 0.3) is 0 Å². The number of rotatable bonds is 8. The van der Waals surface area contributed by atoms with E-state index < -0.39 is 0 Å². The molecule has 27 heavy (non-hydrogen) atoms. The summed E-state index contributed by atoms with van der Waals surface area (Å²) in [5.74, 6) is 0.224. The van der Waals surface area contributed by atoms with Crippen LogP contribution in [0, 0.1) is 5.82 Å². The molecule has 1 aromatic heterocycles. The summed E-state index contributed by atoms with van der Waals surface area (Å²) in [5, 5.41) is 6.05. The second-order valence-electron chi connectivity index (χ2n) is 6.30. The van der Waals surface area contributed by atoms with E-state index in [4.69, 9.17) is 0 Å². The number of aromatic nitrogens is 1. The van der Waals surface area contributed by atoms with Crippen molar-refractivity contribution in [3.63, 3.8) is 0 Å². The summed E-state index contributed by atoms with van der Waals surface area (Å²) in [6.45, 7) is 0.827. The van der Waals surface area contributed by atoms with E-state index in [0.717, 1.165) is 25.2 Å². The van der Waals surface area contributed by atoms with Gasteiger partial charge in [-0.3, -0.25) is 4.79 Å². The van der Waals surface area contributed by atoms with Gasteiger partial charge in [-0.05, 0) is 48.2 Å². The monoisotopic (exact) mass is 363 g/mol. The third kappa shape index (κ3) is 6.22. The summed E-state index contributed by atoms with van der Waals surface area (Å²) in [7, 11) is 0. The number of halogens is 1. The predicted molar refractivity (Wildman–Crippen MR) is 106 cm³/mol. The van der Waals surface area contributed by atoms with Gasteiger partial charge in [0.1, 0.15) is 11.6 Å². The zero-order valence-corrected chi connectivity index (χ0v) is 15.0. The van der Waals surface area contributed by atoms with E-state index in [9.17, 15) is 9.18 Å². The molecule has 1 amide bonds. The molecule has 4 nitrogen and oxygen atoms in total. The number of nitrogens with one attached hydrogen (secondary N) is 2. The lowest BCUT2D eigenvalue weighted by Gasteiger charge is -2.08. The van der Waals surface area contributed by atoms with Gasteiger partial charge in [-0.15, -0.1) is 0 Å². The average molecular weight is 363 g/mol. The van der Waals surface area contributed by atoms with Crippen LogP contribution >= 0.6 is 0 Å². The zero-order chi connectivity index (χ0) is 18.9. The molecule has 2 N–H and O–H groups in total. The lowest BCUT2D eigenvalue weighted by Crippen LogP contribution is -2.14. The summed E-state index contributed by atoms with van der Waals surface area (Å²) in [6.07, 6.45) is 3.76. The molecular weight excluding hydrogens is 341 g/mol. The second kappa shape index (κ2) is 9.48. The number of aryl methyl sites for hydroxylation is 1. The van der Waals surface area contributed by atoms with Gasteiger partial charge >= 0.3 is 0 Å². The van der Waals surface area contributed by atoms with Crippen LogP contribution in [0.15, 0.2) is 72.9 Å². The van der Waals surface area contributed by atoms with Crippen LogP contribution in [0.25, 0.3) is 0 Å². The minimum absolute atomic E-state index is 0.122. The van der Waals surface area contributed by atoms with Crippen LogP contribution in [0.1, 0.15) is 17.5 Å². The largest absolute Gasteiger partial charge is 0.370 e. The summed E-state index contributed by atoms with van der Waals surface area (Å²) < 4.78 is 13.2. The molecule has 0 spiro atoms. The molecule has 0 saturated heterocycles. The van der Waals surface area contributed by atoms with Crippen LogP contribution in [0.3, 0.4) is 0 Å². The number of anilines is 2. The molecule has 2 aromatic carbocycles. The molecule has 0 aliphatic rings. The Morgan fingerprint density at radius 1 is 0.963 bits per heavy atom. The van der Waals surface area contributed by atoms with Gasteiger partial charge in [0.05, 0.1) is 18.3 Å². The first kappa shape index (κ1) is 18.6. The molecule has 0 atom stereocenters. The topological polar surface area (TPSA) is 54.0 Å². The molecule has 0 bridgehead atoms. The maximum atomic E-state index is 13.2. The second-order valence-corrected chi connectivity index (χ2v) is 6.30. The number of hydrogen-bond donors (Lipinski definition) is 2. The SMILES string of the molecule is O=C(Cc1cccc(F)c1)Nc1ccc(NCCCc2ccccc2)nc1. The quantitative estimate of drug-likeness (QED) is 0.582. The van der Waals surface area contributed by atoms with E-state index in [2.05, 4.69) is 27.8 Å². The molecule has 0 fully saturated rings. The normalized spacial score (nSPS) is 10.4. The first-order valence-corrected chi connectivity index (χ1v) is 8.97. The number of nitrogens with zero attached hydrogens (tertiary/aromatic N) is 1. The third-order valence-corrected chi connectivity index (χ3v) is 4.09. The van der Waals surface area contributed by atoms with Gasteiger partial charge in [-0.2, -0.15) is 0 Å². The first-order chi connectivity index (χ1) is 13.2. The van der Waals surface area contributed by atoms with Crippen molar-refractivity contribution < 1.29 is 9.18 Å². The number of pyridine rings is 1. The van der Waals surface area contributed by atoms with Crippen molar-refractivity contribution in [1.82, 2.24) is 4.98 Å². The maximum Gasteiger partial charge on any atom is 0.228 e. The highest BCUT2D eigenvalue weighted by Crippen LogP contribution is 2.12. The maximum absolute atomic E-state index is 13.2. The summed E-state index contributed by atoms with van der Waals surface area (Å²) >= 11 is 0. The number of carbonyl (C=O) groups is 1. The van der Waals surface area contributed by atoms with E-state index >= 15 is 0 Å².